The summed E-state index contributed by atoms with van der Waals surface area (Å²) in [5, 5.41) is 2.81. The monoisotopic (exact) mass is 274 g/mol. The van der Waals surface area contributed by atoms with Crippen LogP contribution in [0.4, 0.5) is 10.5 Å². The summed E-state index contributed by atoms with van der Waals surface area (Å²) in [7, 11) is 0. The van der Waals surface area contributed by atoms with Gasteiger partial charge in [-0.1, -0.05) is 18.2 Å². The van der Waals surface area contributed by atoms with E-state index in [0.29, 0.717) is 25.3 Å². The van der Waals surface area contributed by atoms with Crippen LogP contribution in [0.5, 0.6) is 0 Å². The summed E-state index contributed by atoms with van der Waals surface area (Å²) >= 11 is 0. The Morgan fingerprint density at radius 1 is 1.35 bits per heavy atom. The highest BCUT2D eigenvalue weighted by molar-refractivity contribution is 5.92. The fourth-order valence-corrected chi connectivity index (χ4v) is 2.11. The van der Waals surface area contributed by atoms with E-state index < -0.39 is 5.97 Å². The molecule has 1 aromatic rings. The van der Waals surface area contributed by atoms with Crippen molar-refractivity contribution in [2.45, 2.75) is 19.8 Å². The van der Waals surface area contributed by atoms with E-state index in [1.54, 1.807) is 11.8 Å². The summed E-state index contributed by atoms with van der Waals surface area (Å²) < 4.78 is 4.88. The molecule has 1 N–H and O–H groups in total. The van der Waals surface area contributed by atoms with Gasteiger partial charge in [0.2, 0.25) is 0 Å². The normalized spacial score (nSPS) is 16.2. The van der Waals surface area contributed by atoms with Gasteiger partial charge in [0, 0.05) is 24.0 Å². The summed E-state index contributed by atoms with van der Waals surface area (Å²) in [4.78, 5) is 25.2. The van der Waals surface area contributed by atoms with Gasteiger partial charge < -0.3 is 10.1 Å². The molecule has 1 aliphatic heterocycles. The Kier molecular flexibility index (Phi) is 4.76. The Morgan fingerprint density at radius 2 is 2.10 bits per heavy atom. The van der Waals surface area contributed by atoms with Crippen molar-refractivity contribution >= 4 is 17.7 Å². The number of ether oxygens (including phenoxy) is 1. The fraction of sp³-hybridized carbons (Fsp3) is 0.333. The second-order valence-electron chi connectivity index (χ2n) is 4.44. The van der Waals surface area contributed by atoms with Crippen LogP contribution in [0.1, 0.15) is 19.8 Å². The van der Waals surface area contributed by atoms with Crippen molar-refractivity contribution < 1.29 is 14.3 Å². The molecule has 20 heavy (non-hydrogen) atoms. The van der Waals surface area contributed by atoms with E-state index in [2.05, 4.69) is 5.32 Å². The maximum atomic E-state index is 12.2. The number of hydrogen-bond acceptors (Lipinski definition) is 3. The zero-order valence-corrected chi connectivity index (χ0v) is 11.5. The van der Waals surface area contributed by atoms with Crippen molar-refractivity contribution in [1.82, 2.24) is 4.90 Å². The van der Waals surface area contributed by atoms with Crippen LogP contribution in [-0.2, 0) is 9.53 Å². The van der Waals surface area contributed by atoms with Gasteiger partial charge in [-0.25, -0.2) is 9.59 Å². The Bertz CT molecular complexity index is 511. The topological polar surface area (TPSA) is 58.6 Å². The summed E-state index contributed by atoms with van der Waals surface area (Å²) in [5.41, 5.74) is 1.44. The highest BCUT2D eigenvalue weighted by Gasteiger charge is 2.24. The Balaban J connectivity index is 2.03. The second kappa shape index (κ2) is 6.75. The molecule has 2 rings (SSSR count). The van der Waals surface area contributed by atoms with Crippen molar-refractivity contribution in [2.75, 3.05) is 18.5 Å². The van der Waals surface area contributed by atoms with Gasteiger partial charge in [-0.2, -0.15) is 0 Å². The minimum atomic E-state index is -0.401. The molecular formula is C15H18N2O3. The first-order chi connectivity index (χ1) is 9.70. The number of anilines is 1. The molecule has 0 aliphatic carbocycles. The van der Waals surface area contributed by atoms with Crippen LogP contribution in [0.15, 0.2) is 42.1 Å². The van der Waals surface area contributed by atoms with Crippen LogP contribution in [0.3, 0.4) is 0 Å². The molecule has 5 heteroatoms. The van der Waals surface area contributed by atoms with Crippen molar-refractivity contribution in [3.05, 3.63) is 42.1 Å². The standard InChI is InChI=1S/C15H18N2O3/c1-2-20-14(18)11-13-9-6-10-17(13)15(19)16-12-7-4-3-5-8-12/h3-5,7-8,11H,2,6,9-10H2,1H3,(H,16,19)/b13-11+. The molecule has 1 saturated heterocycles. The first-order valence-electron chi connectivity index (χ1n) is 6.71. The van der Waals surface area contributed by atoms with Crippen molar-refractivity contribution in [3.8, 4) is 0 Å². The molecule has 2 amide bonds. The Labute approximate surface area is 118 Å². The molecular weight excluding hydrogens is 256 g/mol. The Hall–Kier alpha value is -2.30. The number of rotatable bonds is 3. The lowest BCUT2D eigenvalue weighted by atomic mass is 10.3. The van der Waals surface area contributed by atoms with Gasteiger partial charge in [0.05, 0.1) is 6.61 Å². The summed E-state index contributed by atoms with van der Waals surface area (Å²) in [6, 6.07) is 9.02. The molecule has 0 radical (unpaired) electrons. The average molecular weight is 274 g/mol. The summed E-state index contributed by atoms with van der Waals surface area (Å²) in [5.74, 6) is -0.401. The van der Waals surface area contributed by atoms with Crippen LogP contribution in [-0.4, -0.2) is 30.1 Å². The molecule has 0 bridgehead atoms. The smallest absolute Gasteiger partial charge is 0.332 e. The Morgan fingerprint density at radius 3 is 2.80 bits per heavy atom. The van der Waals surface area contributed by atoms with Gasteiger partial charge in [-0.3, -0.25) is 4.90 Å². The predicted octanol–water partition coefficient (Wildman–Crippen LogP) is 2.76. The maximum absolute atomic E-state index is 12.2. The lowest BCUT2D eigenvalue weighted by Crippen LogP contribution is -2.31. The predicted molar refractivity (Wildman–Crippen MR) is 76.1 cm³/mol. The minimum absolute atomic E-state index is 0.218. The summed E-state index contributed by atoms with van der Waals surface area (Å²) in [6.07, 6.45) is 2.97. The average Bonchev–Trinajstić information content (AvgIpc) is 2.88. The lowest BCUT2D eigenvalue weighted by molar-refractivity contribution is -0.137. The van der Waals surface area contributed by atoms with Crippen LogP contribution >= 0.6 is 0 Å². The number of nitrogens with one attached hydrogen (secondary N) is 1. The third-order valence-corrected chi connectivity index (χ3v) is 3.00. The molecule has 0 spiro atoms. The number of para-hydroxylation sites is 1. The number of allylic oxidation sites excluding steroid dienone is 1. The third-order valence-electron chi connectivity index (χ3n) is 3.00. The van der Waals surface area contributed by atoms with Gasteiger partial charge >= 0.3 is 12.0 Å². The number of nitrogens with zero attached hydrogens (tertiary/aromatic N) is 1. The number of carbonyl (C=O) groups is 2. The zero-order valence-electron chi connectivity index (χ0n) is 11.5. The van der Waals surface area contributed by atoms with E-state index in [1.807, 2.05) is 30.3 Å². The molecule has 1 heterocycles. The largest absolute Gasteiger partial charge is 0.463 e. The maximum Gasteiger partial charge on any atom is 0.332 e. The van der Waals surface area contributed by atoms with Gasteiger partial charge in [-0.05, 0) is 31.9 Å². The quantitative estimate of drug-likeness (QED) is 0.681. The molecule has 0 atom stereocenters. The number of hydrogen-bond donors (Lipinski definition) is 1. The van der Waals surface area contributed by atoms with E-state index in [1.165, 1.54) is 6.08 Å². The number of amides is 2. The van der Waals surface area contributed by atoms with Gasteiger partial charge in [0.25, 0.3) is 0 Å². The van der Waals surface area contributed by atoms with E-state index >= 15 is 0 Å². The van der Waals surface area contributed by atoms with Gasteiger partial charge in [0.1, 0.15) is 0 Å². The lowest BCUT2D eigenvalue weighted by Gasteiger charge is -2.18. The molecule has 1 aliphatic rings. The van der Waals surface area contributed by atoms with Crippen molar-refractivity contribution in [3.63, 3.8) is 0 Å². The number of esters is 1. The molecule has 0 unspecified atom stereocenters. The molecule has 0 aromatic heterocycles. The SMILES string of the molecule is CCOC(=O)/C=C1\CCCN1C(=O)Nc1ccccc1. The van der Waals surface area contributed by atoms with Crippen molar-refractivity contribution in [1.29, 1.82) is 0 Å². The van der Waals surface area contributed by atoms with Gasteiger partial charge in [0.15, 0.2) is 0 Å². The first kappa shape index (κ1) is 14.1. The minimum Gasteiger partial charge on any atom is -0.463 e. The number of carbonyl (C=O) groups excluding carboxylic acids is 2. The van der Waals surface area contributed by atoms with Crippen molar-refractivity contribution in [2.24, 2.45) is 0 Å². The van der Waals surface area contributed by atoms with E-state index in [4.69, 9.17) is 4.74 Å². The fourth-order valence-electron chi connectivity index (χ4n) is 2.11. The molecule has 0 saturated carbocycles. The van der Waals surface area contributed by atoms with E-state index in [9.17, 15) is 9.59 Å². The van der Waals surface area contributed by atoms with E-state index in [0.717, 1.165) is 12.1 Å². The highest BCUT2D eigenvalue weighted by atomic mass is 16.5. The summed E-state index contributed by atoms with van der Waals surface area (Å²) in [6.45, 7) is 2.70. The molecule has 1 fully saturated rings. The van der Waals surface area contributed by atoms with Crippen LogP contribution in [0.25, 0.3) is 0 Å². The third kappa shape index (κ3) is 3.60. The van der Waals surface area contributed by atoms with Crippen LogP contribution < -0.4 is 5.32 Å². The number of urea groups is 1. The molecule has 106 valence electrons. The molecule has 5 nitrogen and oxygen atoms in total. The van der Waals surface area contributed by atoms with Crippen LogP contribution in [0.2, 0.25) is 0 Å². The van der Waals surface area contributed by atoms with Gasteiger partial charge in [-0.15, -0.1) is 0 Å². The highest BCUT2D eigenvalue weighted by Crippen LogP contribution is 2.22. The number of likely N-dealkylation sites (tertiary alicyclic amines) is 1. The van der Waals surface area contributed by atoms with Crippen LogP contribution in [0, 0.1) is 0 Å². The first-order valence-corrected chi connectivity index (χ1v) is 6.71. The zero-order chi connectivity index (χ0) is 14.4. The second-order valence-corrected chi connectivity index (χ2v) is 4.44. The van der Waals surface area contributed by atoms with E-state index in [-0.39, 0.29) is 6.03 Å². The molecule has 1 aromatic carbocycles. The number of benzene rings is 1.